The molecule has 2 aromatic rings. The predicted octanol–water partition coefficient (Wildman–Crippen LogP) is 3.41. The van der Waals surface area contributed by atoms with E-state index in [1.807, 2.05) is 19.1 Å². The maximum absolute atomic E-state index is 12.5. The number of piperidine rings is 1. The summed E-state index contributed by atoms with van der Waals surface area (Å²) in [6.07, 6.45) is 3.57. The van der Waals surface area contributed by atoms with E-state index in [0.29, 0.717) is 37.5 Å². The minimum Gasteiger partial charge on any atom is -0.484 e. The van der Waals surface area contributed by atoms with E-state index in [-0.39, 0.29) is 17.9 Å². The Hall–Kier alpha value is -2.64. The summed E-state index contributed by atoms with van der Waals surface area (Å²) >= 11 is 0. The van der Waals surface area contributed by atoms with Crippen LogP contribution in [-0.4, -0.2) is 54.7 Å². The third-order valence-corrected chi connectivity index (χ3v) is 6.89. The van der Waals surface area contributed by atoms with Gasteiger partial charge in [0, 0.05) is 50.5 Å². The van der Waals surface area contributed by atoms with Crippen LogP contribution in [0.1, 0.15) is 48.6 Å². The lowest BCUT2D eigenvalue weighted by Crippen LogP contribution is -2.46. The van der Waals surface area contributed by atoms with Crippen LogP contribution in [0.5, 0.6) is 11.6 Å². The molecule has 4 heterocycles. The van der Waals surface area contributed by atoms with Gasteiger partial charge >= 0.3 is 0 Å². The van der Waals surface area contributed by atoms with Gasteiger partial charge < -0.3 is 19.5 Å². The van der Waals surface area contributed by atoms with Gasteiger partial charge in [-0.25, -0.2) is 4.98 Å². The summed E-state index contributed by atoms with van der Waals surface area (Å²) in [6, 6.07) is 12.8. The van der Waals surface area contributed by atoms with Crippen LogP contribution in [0, 0.1) is 12.8 Å². The highest BCUT2D eigenvalue weighted by molar-refractivity contribution is 5.79. The summed E-state index contributed by atoms with van der Waals surface area (Å²) in [5, 5.41) is 3.28. The Kier molecular flexibility index (Phi) is 6.78. The van der Waals surface area contributed by atoms with Crippen LogP contribution >= 0.6 is 0 Å². The number of nitrogens with zero attached hydrogens (tertiary/aromatic N) is 2. The van der Waals surface area contributed by atoms with E-state index in [4.69, 9.17) is 14.2 Å². The molecule has 33 heavy (non-hydrogen) atoms. The molecule has 5 rings (SSSR count). The lowest BCUT2D eigenvalue weighted by atomic mass is 9.97. The van der Waals surface area contributed by atoms with Crippen molar-refractivity contribution >= 4 is 5.91 Å². The number of hydrogen-bond donors (Lipinski definition) is 1. The molecule has 7 nitrogen and oxygen atoms in total. The average Bonchev–Trinajstić information content (AvgIpc) is 2.86. The summed E-state index contributed by atoms with van der Waals surface area (Å²) < 4.78 is 17.3. The molecule has 1 N–H and O–H groups in total. The molecule has 3 aliphatic rings. The maximum atomic E-state index is 12.5. The summed E-state index contributed by atoms with van der Waals surface area (Å²) in [6.45, 7) is 6.78. The monoisotopic (exact) mass is 451 g/mol. The molecule has 176 valence electrons. The molecular formula is C26H33N3O4. The molecular weight excluding hydrogens is 418 g/mol. The Morgan fingerprint density at radius 1 is 1.06 bits per heavy atom. The standard InChI is InChI=1S/C26H33N3O4/c1-18-2-7-23-26(27-18)33-24(17-32-23)20-5-3-19(4-6-20)16-29-12-8-22(9-13-29)28-25(30)21-10-14-31-15-11-21/h2-7,21-22,24H,8-17H2,1H3,(H,28,30). The Bertz CT molecular complexity index is 951. The zero-order valence-corrected chi connectivity index (χ0v) is 19.3. The van der Waals surface area contributed by atoms with Gasteiger partial charge in [0.2, 0.25) is 5.91 Å². The number of benzene rings is 1. The van der Waals surface area contributed by atoms with E-state index in [1.54, 1.807) is 0 Å². The minimum absolute atomic E-state index is 0.127. The highest BCUT2D eigenvalue weighted by Crippen LogP contribution is 2.34. The van der Waals surface area contributed by atoms with Crippen molar-refractivity contribution < 1.29 is 19.0 Å². The SMILES string of the molecule is Cc1ccc2c(n1)OC(c1ccc(CN3CCC(NC(=O)C4CCOCC4)CC3)cc1)CO2. The Morgan fingerprint density at radius 3 is 2.58 bits per heavy atom. The fourth-order valence-corrected chi connectivity index (χ4v) is 4.82. The number of amides is 1. The molecule has 0 aliphatic carbocycles. The van der Waals surface area contributed by atoms with E-state index in [0.717, 1.165) is 56.6 Å². The largest absolute Gasteiger partial charge is 0.484 e. The third-order valence-electron chi connectivity index (χ3n) is 6.89. The van der Waals surface area contributed by atoms with Crippen molar-refractivity contribution in [3.8, 4) is 11.6 Å². The van der Waals surface area contributed by atoms with Crippen molar-refractivity contribution in [1.29, 1.82) is 0 Å². The predicted molar refractivity (Wildman–Crippen MR) is 124 cm³/mol. The first kappa shape index (κ1) is 22.2. The van der Waals surface area contributed by atoms with Gasteiger partial charge in [-0.2, -0.15) is 0 Å². The third kappa shape index (κ3) is 5.47. The molecule has 0 radical (unpaired) electrons. The zero-order valence-electron chi connectivity index (χ0n) is 19.3. The molecule has 7 heteroatoms. The normalized spacial score (nSPS) is 22.2. The molecule has 1 aromatic carbocycles. The average molecular weight is 452 g/mol. The van der Waals surface area contributed by atoms with E-state index in [2.05, 4.69) is 39.5 Å². The van der Waals surface area contributed by atoms with Gasteiger partial charge in [-0.1, -0.05) is 24.3 Å². The summed E-state index contributed by atoms with van der Waals surface area (Å²) in [5.41, 5.74) is 3.30. The van der Waals surface area contributed by atoms with Gasteiger partial charge in [0.1, 0.15) is 6.61 Å². The second-order valence-corrected chi connectivity index (χ2v) is 9.36. The van der Waals surface area contributed by atoms with Crippen LogP contribution in [0.15, 0.2) is 36.4 Å². The van der Waals surface area contributed by atoms with Gasteiger partial charge in [0.25, 0.3) is 5.88 Å². The number of carbonyl (C=O) groups is 1. The van der Waals surface area contributed by atoms with Gasteiger partial charge in [0.15, 0.2) is 11.9 Å². The van der Waals surface area contributed by atoms with Crippen LogP contribution in [-0.2, 0) is 16.1 Å². The van der Waals surface area contributed by atoms with Crippen molar-refractivity contribution in [2.45, 2.75) is 51.3 Å². The van der Waals surface area contributed by atoms with E-state index in [1.165, 1.54) is 5.56 Å². The lowest BCUT2D eigenvalue weighted by molar-refractivity contribution is -0.128. The van der Waals surface area contributed by atoms with Crippen molar-refractivity contribution in [2.24, 2.45) is 5.92 Å². The number of fused-ring (bicyclic) bond motifs is 1. The number of aromatic nitrogens is 1. The molecule has 0 bridgehead atoms. The van der Waals surface area contributed by atoms with Crippen molar-refractivity contribution in [3.63, 3.8) is 0 Å². The molecule has 0 saturated carbocycles. The first-order valence-electron chi connectivity index (χ1n) is 12.1. The molecule has 1 amide bonds. The second-order valence-electron chi connectivity index (χ2n) is 9.36. The molecule has 2 fully saturated rings. The highest BCUT2D eigenvalue weighted by Gasteiger charge is 2.27. The number of rotatable bonds is 5. The summed E-state index contributed by atoms with van der Waals surface area (Å²) in [7, 11) is 0. The minimum atomic E-state index is -0.143. The number of hydrogen-bond acceptors (Lipinski definition) is 6. The molecule has 1 unspecified atom stereocenters. The number of likely N-dealkylation sites (tertiary alicyclic amines) is 1. The van der Waals surface area contributed by atoms with Gasteiger partial charge in [-0.15, -0.1) is 0 Å². The maximum Gasteiger partial charge on any atom is 0.257 e. The second kappa shape index (κ2) is 10.1. The van der Waals surface area contributed by atoms with E-state index < -0.39 is 0 Å². The smallest absolute Gasteiger partial charge is 0.257 e. The van der Waals surface area contributed by atoms with Crippen LogP contribution in [0.4, 0.5) is 0 Å². The van der Waals surface area contributed by atoms with Crippen LogP contribution in [0.2, 0.25) is 0 Å². The lowest BCUT2D eigenvalue weighted by Gasteiger charge is -2.33. The fourth-order valence-electron chi connectivity index (χ4n) is 4.82. The topological polar surface area (TPSA) is 72.9 Å². The first-order chi connectivity index (χ1) is 16.1. The van der Waals surface area contributed by atoms with Gasteiger partial charge in [-0.05, 0) is 55.9 Å². The summed E-state index contributed by atoms with van der Waals surface area (Å²) in [5.74, 6) is 1.62. The van der Waals surface area contributed by atoms with Gasteiger partial charge in [0.05, 0.1) is 0 Å². The Labute approximate surface area is 195 Å². The van der Waals surface area contributed by atoms with Crippen LogP contribution in [0.25, 0.3) is 0 Å². The number of pyridine rings is 1. The van der Waals surface area contributed by atoms with Crippen molar-refractivity contribution in [2.75, 3.05) is 32.9 Å². The fraction of sp³-hybridized carbons (Fsp3) is 0.538. The molecule has 1 aromatic heterocycles. The molecule has 3 aliphatic heterocycles. The highest BCUT2D eigenvalue weighted by atomic mass is 16.6. The van der Waals surface area contributed by atoms with Crippen molar-refractivity contribution in [1.82, 2.24) is 15.2 Å². The molecule has 2 saturated heterocycles. The number of aryl methyl sites for hydroxylation is 1. The summed E-state index contributed by atoms with van der Waals surface area (Å²) in [4.78, 5) is 19.4. The first-order valence-corrected chi connectivity index (χ1v) is 12.1. The van der Waals surface area contributed by atoms with E-state index in [9.17, 15) is 4.79 Å². The Balaban J connectivity index is 1.09. The number of carbonyl (C=O) groups excluding carboxylic acids is 1. The van der Waals surface area contributed by atoms with Crippen molar-refractivity contribution in [3.05, 3.63) is 53.2 Å². The van der Waals surface area contributed by atoms with Crippen LogP contribution < -0.4 is 14.8 Å². The number of nitrogens with one attached hydrogen (secondary N) is 1. The van der Waals surface area contributed by atoms with Crippen LogP contribution in [0.3, 0.4) is 0 Å². The van der Waals surface area contributed by atoms with E-state index >= 15 is 0 Å². The molecule has 1 atom stereocenters. The Morgan fingerprint density at radius 2 is 1.82 bits per heavy atom. The van der Waals surface area contributed by atoms with Gasteiger partial charge in [-0.3, -0.25) is 9.69 Å². The quantitative estimate of drug-likeness (QED) is 0.751. The zero-order chi connectivity index (χ0) is 22.6. The molecule has 0 spiro atoms. The number of ether oxygens (including phenoxy) is 3.